The van der Waals surface area contributed by atoms with E-state index in [1.807, 2.05) is 0 Å². The Morgan fingerprint density at radius 2 is 1.74 bits per heavy atom. The molecule has 0 aliphatic heterocycles. The fourth-order valence-electron chi connectivity index (χ4n) is 2.23. The molecule has 0 aliphatic carbocycles. The molecular formula is C17H16Cl4N4O2. The number of hydrogen-bond donors (Lipinski definition) is 3. The van der Waals surface area contributed by atoms with Crippen LogP contribution in [0.15, 0.2) is 36.0 Å². The van der Waals surface area contributed by atoms with E-state index in [-0.39, 0.29) is 44.4 Å². The fraction of sp³-hybridized carbons (Fsp3) is 0.118. The van der Waals surface area contributed by atoms with Crippen LogP contribution in [0.25, 0.3) is 5.70 Å². The van der Waals surface area contributed by atoms with E-state index < -0.39 is 5.97 Å². The highest BCUT2D eigenvalue weighted by atomic mass is 35.5. The van der Waals surface area contributed by atoms with Crippen molar-refractivity contribution in [3.8, 4) is 0 Å². The molecule has 144 valence electrons. The maximum atomic E-state index is 12.6. The van der Waals surface area contributed by atoms with Crippen molar-refractivity contribution in [1.29, 1.82) is 0 Å². The number of ether oxygens (including phenoxy) is 1. The summed E-state index contributed by atoms with van der Waals surface area (Å²) in [5.41, 5.74) is 12.7. The molecule has 2 rings (SSSR count). The zero-order valence-corrected chi connectivity index (χ0v) is 17.1. The monoisotopic (exact) mass is 448 g/mol. The second-order valence-electron chi connectivity index (χ2n) is 5.30. The zero-order valence-electron chi connectivity index (χ0n) is 14.1. The van der Waals surface area contributed by atoms with Gasteiger partial charge in [0.25, 0.3) is 0 Å². The molecule has 0 saturated carbocycles. The molecule has 0 heterocycles. The van der Waals surface area contributed by atoms with Gasteiger partial charge in [0.2, 0.25) is 0 Å². The summed E-state index contributed by atoms with van der Waals surface area (Å²) in [6.07, 6.45) is 0. The van der Waals surface area contributed by atoms with Crippen molar-refractivity contribution >= 4 is 69.4 Å². The third kappa shape index (κ3) is 4.72. The normalized spacial score (nSPS) is 11.8. The number of benzene rings is 2. The molecule has 0 radical (unpaired) electrons. The molecule has 10 heteroatoms. The number of nitrogens with two attached hydrogens (primary N) is 3. The Hall–Kier alpha value is -1.83. The summed E-state index contributed by atoms with van der Waals surface area (Å²) < 4.78 is 5.08. The van der Waals surface area contributed by atoms with Crippen LogP contribution in [-0.4, -0.2) is 12.6 Å². The average Bonchev–Trinajstić information content (AvgIpc) is 2.60. The average molecular weight is 450 g/mol. The molecule has 2 aromatic rings. The molecule has 0 aromatic heterocycles. The largest absolute Gasteiger partial charge is 0.461 e. The first-order valence-electron chi connectivity index (χ1n) is 7.59. The van der Waals surface area contributed by atoms with Crippen LogP contribution >= 0.6 is 46.4 Å². The Labute approximate surface area is 176 Å². The summed E-state index contributed by atoms with van der Waals surface area (Å²) in [5, 5.41) is 2.01. The number of anilines is 2. The molecule has 0 aliphatic rings. The third-order valence-electron chi connectivity index (χ3n) is 3.53. The van der Waals surface area contributed by atoms with Gasteiger partial charge in [-0.05, 0) is 31.2 Å². The van der Waals surface area contributed by atoms with E-state index in [2.05, 4.69) is 0 Å². The molecular weight excluding hydrogens is 434 g/mol. The summed E-state index contributed by atoms with van der Waals surface area (Å²) in [7, 11) is 0. The van der Waals surface area contributed by atoms with Gasteiger partial charge in [-0.25, -0.2) is 10.6 Å². The lowest BCUT2D eigenvalue weighted by atomic mass is 10.1. The van der Waals surface area contributed by atoms with Gasteiger partial charge in [-0.2, -0.15) is 0 Å². The van der Waals surface area contributed by atoms with Gasteiger partial charge in [0, 0.05) is 10.6 Å². The summed E-state index contributed by atoms with van der Waals surface area (Å²) in [4.78, 5) is 12.6. The number of nitrogen functional groups attached to an aromatic ring is 1. The first kappa shape index (κ1) is 21.5. The lowest BCUT2D eigenvalue weighted by molar-refractivity contribution is -0.138. The minimum atomic E-state index is -0.765. The van der Waals surface area contributed by atoms with E-state index in [4.69, 9.17) is 68.5 Å². The van der Waals surface area contributed by atoms with Crippen LogP contribution in [-0.2, 0) is 9.53 Å². The van der Waals surface area contributed by atoms with Gasteiger partial charge in [0.1, 0.15) is 0 Å². The topological polar surface area (TPSA) is 108 Å². The lowest BCUT2D eigenvalue weighted by Crippen LogP contribution is -2.37. The molecule has 6 N–H and O–H groups in total. The molecule has 0 saturated heterocycles. The summed E-state index contributed by atoms with van der Waals surface area (Å²) in [5.74, 6) is 5.39. The Bertz CT molecular complexity index is 918. The summed E-state index contributed by atoms with van der Waals surface area (Å²) >= 11 is 24.1. The first-order chi connectivity index (χ1) is 12.7. The van der Waals surface area contributed by atoms with Crippen LogP contribution in [0, 0.1) is 0 Å². The van der Waals surface area contributed by atoms with Crippen LogP contribution < -0.4 is 22.3 Å². The number of esters is 1. The minimum absolute atomic E-state index is 0.00464. The zero-order chi connectivity index (χ0) is 20.3. The molecule has 0 bridgehead atoms. The molecule has 27 heavy (non-hydrogen) atoms. The maximum Gasteiger partial charge on any atom is 0.358 e. The number of halogens is 4. The Kier molecular flexibility index (Phi) is 7.08. The number of hydrogen-bond acceptors (Lipinski definition) is 6. The minimum Gasteiger partial charge on any atom is -0.461 e. The van der Waals surface area contributed by atoms with Gasteiger partial charge >= 0.3 is 5.97 Å². The molecule has 0 unspecified atom stereocenters. The van der Waals surface area contributed by atoms with E-state index in [0.29, 0.717) is 10.6 Å². The molecule has 0 spiro atoms. The molecule has 6 nitrogen and oxygen atoms in total. The predicted octanol–water partition coefficient (Wildman–Crippen LogP) is 4.45. The van der Waals surface area contributed by atoms with Gasteiger partial charge in [-0.3, -0.25) is 5.01 Å². The van der Waals surface area contributed by atoms with Crippen LogP contribution in [0.2, 0.25) is 20.1 Å². The number of rotatable bonds is 5. The molecule has 2 aromatic carbocycles. The first-order valence-corrected chi connectivity index (χ1v) is 9.10. The van der Waals surface area contributed by atoms with Crippen molar-refractivity contribution in [2.45, 2.75) is 6.92 Å². The van der Waals surface area contributed by atoms with Crippen molar-refractivity contribution in [3.05, 3.63) is 61.7 Å². The van der Waals surface area contributed by atoms with E-state index in [1.54, 1.807) is 19.1 Å². The van der Waals surface area contributed by atoms with Gasteiger partial charge in [0.15, 0.2) is 5.70 Å². The number of nitrogens with zero attached hydrogens (tertiary/aromatic N) is 1. The Balaban J connectivity index is 2.67. The lowest BCUT2D eigenvalue weighted by Gasteiger charge is -2.24. The van der Waals surface area contributed by atoms with Crippen molar-refractivity contribution in [2.75, 3.05) is 17.3 Å². The quantitative estimate of drug-likeness (QED) is 0.204. The maximum absolute atomic E-state index is 12.6. The van der Waals surface area contributed by atoms with E-state index in [9.17, 15) is 4.79 Å². The van der Waals surface area contributed by atoms with Gasteiger partial charge in [-0.1, -0.05) is 52.5 Å². The van der Waals surface area contributed by atoms with Crippen LogP contribution in [0.1, 0.15) is 12.5 Å². The summed E-state index contributed by atoms with van der Waals surface area (Å²) in [6.45, 7) is 1.76. The number of carbonyl (C=O) groups excluding carboxylic acids is 1. The van der Waals surface area contributed by atoms with E-state index in [0.717, 1.165) is 5.01 Å². The predicted molar refractivity (Wildman–Crippen MR) is 112 cm³/mol. The van der Waals surface area contributed by atoms with Crippen molar-refractivity contribution in [3.63, 3.8) is 0 Å². The van der Waals surface area contributed by atoms with E-state index >= 15 is 0 Å². The Morgan fingerprint density at radius 1 is 1.07 bits per heavy atom. The molecule has 0 amide bonds. The van der Waals surface area contributed by atoms with Crippen LogP contribution in [0.5, 0.6) is 0 Å². The van der Waals surface area contributed by atoms with Crippen LogP contribution in [0.4, 0.5) is 11.4 Å². The van der Waals surface area contributed by atoms with Crippen molar-refractivity contribution in [1.82, 2.24) is 0 Å². The van der Waals surface area contributed by atoms with Crippen molar-refractivity contribution in [2.24, 2.45) is 11.6 Å². The molecule has 0 atom stereocenters. The number of carbonyl (C=O) groups is 1. The number of hydrazine groups is 1. The SMILES string of the molecule is CCOC(=O)/C(=C(\N)c1ccc(Cl)c(Cl)c1)N(N)c1cc(Cl)cc(Cl)c1N. The highest BCUT2D eigenvalue weighted by Crippen LogP contribution is 2.35. The van der Waals surface area contributed by atoms with Crippen molar-refractivity contribution < 1.29 is 9.53 Å². The standard InChI is InChI=1S/C17H16Cl4N4O2/c1-2-27-17(26)16(14(22)8-3-4-10(19)11(20)5-8)25(24)13-7-9(18)6-12(21)15(13)23/h3-7H,2,22-24H2,1H3/b16-14+. The highest BCUT2D eigenvalue weighted by Gasteiger charge is 2.25. The Morgan fingerprint density at radius 3 is 2.33 bits per heavy atom. The second kappa shape index (κ2) is 8.91. The van der Waals surface area contributed by atoms with Gasteiger partial charge in [-0.15, -0.1) is 0 Å². The molecule has 0 fully saturated rings. The van der Waals surface area contributed by atoms with Gasteiger partial charge < -0.3 is 16.2 Å². The van der Waals surface area contributed by atoms with Gasteiger partial charge in [0.05, 0.1) is 38.7 Å². The fourth-order valence-corrected chi connectivity index (χ4v) is 3.01. The van der Waals surface area contributed by atoms with E-state index in [1.165, 1.54) is 18.2 Å². The highest BCUT2D eigenvalue weighted by molar-refractivity contribution is 6.42. The smallest absolute Gasteiger partial charge is 0.358 e. The van der Waals surface area contributed by atoms with Crippen LogP contribution in [0.3, 0.4) is 0 Å². The second-order valence-corrected chi connectivity index (χ2v) is 6.96. The third-order valence-corrected chi connectivity index (χ3v) is 4.80. The summed E-state index contributed by atoms with van der Waals surface area (Å²) in [6, 6.07) is 7.53.